The van der Waals surface area contributed by atoms with Crippen LogP contribution < -0.4 is 5.73 Å². The number of aryl methyl sites for hydroxylation is 2. The Morgan fingerprint density at radius 1 is 1.36 bits per heavy atom. The van der Waals surface area contributed by atoms with Crippen LogP contribution in [0.1, 0.15) is 22.9 Å². The largest absolute Gasteiger partial charge is 0.435 e. The van der Waals surface area contributed by atoms with E-state index >= 15 is 0 Å². The van der Waals surface area contributed by atoms with Crippen LogP contribution in [0.4, 0.5) is 13.2 Å². The monoisotopic (exact) mass is 356 g/mol. The molecule has 0 unspecified atom stereocenters. The summed E-state index contributed by atoms with van der Waals surface area (Å²) < 4.78 is 41.2. The first-order valence-corrected chi connectivity index (χ1v) is 7.77. The summed E-state index contributed by atoms with van der Waals surface area (Å²) in [5, 5.41) is 3.49. The highest BCUT2D eigenvalue weighted by molar-refractivity contribution is 5.76. The molecular weight excluding hydrogens is 337 g/mol. The number of halogens is 3. The minimum absolute atomic E-state index is 0.00946. The number of amides is 1. The number of rotatable bonds is 3. The van der Waals surface area contributed by atoms with Gasteiger partial charge in [-0.2, -0.15) is 18.3 Å². The average Bonchev–Trinajstić information content (AvgIpc) is 3.17. The van der Waals surface area contributed by atoms with Gasteiger partial charge in [0, 0.05) is 44.5 Å². The third-order valence-electron chi connectivity index (χ3n) is 4.33. The van der Waals surface area contributed by atoms with Crippen molar-refractivity contribution >= 4 is 5.91 Å². The first-order chi connectivity index (χ1) is 11.6. The quantitative estimate of drug-likeness (QED) is 0.886. The SMILES string of the molecule is Cc1cn(CC(=O)N2C[C@@H](N)[C@H](c3cn(C)cn3)C2)nc1C(F)(F)F. The number of aromatic nitrogens is 4. The first-order valence-electron chi connectivity index (χ1n) is 7.77. The second-order valence-corrected chi connectivity index (χ2v) is 6.39. The van der Waals surface area contributed by atoms with Crippen LogP contribution in [0.2, 0.25) is 0 Å². The molecule has 1 saturated heterocycles. The molecule has 0 spiro atoms. The second-order valence-electron chi connectivity index (χ2n) is 6.39. The third kappa shape index (κ3) is 3.53. The highest BCUT2D eigenvalue weighted by Gasteiger charge is 2.37. The summed E-state index contributed by atoms with van der Waals surface area (Å²) in [6, 6.07) is -0.260. The first kappa shape index (κ1) is 17.5. The topological polar surface area (TPSA) is 82.0 Å². The molecule has 25 heavy (non-hydrogen) atoms. The second kappa shape index (κ2) is 6.17. The lowest BCUT2D eigenvalue weighted by Crippen LogP contribution is -2.34. The molecule has 1 amide bonds. The summed E-state index contributed by atoms with van der Waals surface area (Å²) in [5.41, 5.74) is 5.94. The average molecular weight is 356 g/mol. The lowest BCUT2D eigenvalue weighted by atomic mass is 10.0. The van der Waals surface area contributed by atoms with Crippen LogP contribution in [0, 0.1) is 6.92 Å². The normalized spacial score (nSPS) is 21.1. The predicted molar refractivity (Wildman–Crippen MR) is 82.5 cm³/mol. The maximum absolute atomic E-state index is 12.8. The lowest BCUT2D eigenvalue weighted by Gasteiger charge is -2.15. The Bertz CT molecular complexity index is 781. The Kier molecular flexibility index (Phi) is 4.31. The number of nitrogens with two attached hydrogens (primary N) is 1. The number of hydrogen-bond acceptors (Lipinski definition) is 4. The summed E-state index contributed by atoms with van der Waals surface area (Å²) in [6.07, 6.45) is 0.216. The number of alkyl halides is 3. The van der Waals surface area contributed by atoms with Crippen LogP contribution in [-0.2, 0) is 24.6 Å². The van der Waals surface area contributed by atoms with Crippen LogP contribution in [0.15, 0.2) is 18.7 Å². The van der Waals surface area contributed by atoms with Gasteiger partial charge >= 0.3 is 6.18 Å². The fourth-order valence-electron chi connectivity index (χ4n) is 3.09. The molecule has 0 bridgehead atoms. The molecule has 0 saturated carbocycles. The van der Waals surface area contributed by atoms with Gasteiger partial charge in [-0.15, -0.1) is 0 Å². The summed E-state index contributed by atoms with van der Waals surface area (Å²) in [5.74, 6) is -0.402. The number of hydrogen-bond donors (Lipinski definition) is 1. The molecule has 1 aliphatic heterocycles. The highest BCUT2D eigenvalue weighted by Crippen LogP contribution is 2.30. The molecule has 136 valence electrons. The lowest BCUT2D eigenvalue weighted by molar-refractivity contribution is -0.142. The van der Waals surface area contributed by atoms with Crippen molar-refractivity contribution in [2.24, 2.45) is 12.8 Å². The zero-order chi connectivity index (χ0) is 18.4. The standard InChI is InChI=1S/C15H19F3N6O/c1-9-3-24(21-14(9)15(16,17)18)7-13(25)23-4-10(11(19)5-23)12-6-22(2)8-20-12/h3,6,8,10-11H,4-5,7,19H2,1-2H3/t10-,11-/m1/s1. The van der Waals surface area contributed by atoms with E-state index in [0.29, 0.717) is 13.1 Å². The van der Waals surface area contributed by atoms with Crippen molar-refractivity contribution in [2.45, 2.75) is 31.6 Å². The summed E-state index contributed by atoms with van der Waals surface area (Å²) in [7, 11) is 1.85. The zero-order valence-corrected chi connectivity index (χ0v) is 13.9. The predicted octanol–water partition coefficient (Wildman–Crippen LogP) is 0.897. The Balaban J connectivity index is 1.68. The van der Waals surface area contributed by atoms with E-state index in [1.807, 2.05) is 13.2 Å². The van der Waals surface area contributed by atoms with E-state index in [1.165, 1.54) is 13.1 Å². The van der Waals surface area contributed by atoms with Gasteiger partial charge < -0.3 is 15.2 Å². The van der Waals surface area contributed by atoms with Crippen molar-refractivity contribution in [1.82, 2.24) is 24.2 Å². The summed E-state index contributed by atoms with van der Waals surface area (Å²) in [4.78, 5) is 18.2. The third-order valence-corrected chi connectivity index (χ3v) is 4.33. The molecule has 3 heterocycles. The molecule has 10 heteroatoms. The Morgan fingerprint density at radius 2 is 2.08 bits per heavy atom. The van der Waals surface area contributed by atoms with Crippen LogP contribution in [0.3, 0.4) is 0 Å². The van der Waals surface area contributed by atoms with E-state index in [4.69, 9.17) is 5.73 Å². The molecule has 0 radical (unpaired) electrons. The summed E-state index contributed by atoms with van der Waals surface area (Å²) >= 11 is 0. The molecule has 3 rings (SSSR count). The van der Waals surface area contributed by atoms with Crippen LogP contribution >= 0.6 is 0 Å². The van der Waals surface area contributed by atoms with E-state index in [2.05, 4.69) is 10.1 Å². The van der Waals surface area contributed by atoms with E-state index < -0.39 is 11.9 Å². The number of nitrogens with zero attached hydrogens (tertiary/aromatic N) is 5. The number of carbonyl (C=O) groups is 1. The van der Waals surface area contributed by atoms with Crippen LogP contribution in [-0.4, -0.2) is 49.3 Å². The van der Waals surface area contributed by atoms with E-state index in [0.717, 1.165) is 10.4 Å². The molecular formula is C15H19F3N6O. The van der Waals surface area contributed by atoms with Crippen LogP contribution in [0.5, 0.6) is 0 Å². The Labute approximate surface area is 142 Å². The van der Waals surface area contributed by atoms with Crippen molar-refractivity contribution in [2.75, 3.05) is 13.1 Å². The molecule has 2 aromatic heterocycles. The van der Waals surface area contributed by atoms with Gasteiger partial charge in [0.05, 0.1) is 12.0 Å². The van der Waals surface area contributed by atoms with Gasteiger partial charge in [-0.3, -0.25) is 9.48 Å². The molecule has 1 aliphatic rings. The minimum Gasteiger partial charge on any atom is -0.340 e. The smallest absolute Gasteiger partial charge is 0.340 e. The number of likely N-dealkylation sites (tertiary alicyclic amines) is 1. The van der Waals surface area contributed by atoms with Crippen molar-refractivity contribution in [1.29, 1.82) is 0 Å². The van der Waals surface area contributed by atoms with Gasteiger partial charge in [-0.25, -0.2) is 4.98 Å². The van der Waals surface area contributed by atoms with E-state index in [9.17, 15) is 18.0 Å². The fraction of sp³-hybridized carbons (Fsp3) is 0.533. The molecule has 0 aliphatic carbocycles. The Hall–Kier alpha value is -2.36. The summed E-state index contributed by atoms with van der Waals surface area (Å²) in [6.45, 7) is 1.80. The van der Waals surface area contributed by atoms with Crippen molar-refractivity contribution < 1.29 is 18.0 Å². The van der Waals surface area contributed by atoms with Crippen molar-refractivity contribution in [3.8, 4) is 0 Å². The molecule has 2 atom stereocenters. The molecule has 0 aromatic carbocycles. The van der Waals surface area contributed by atoms with Gasteiger partial charge in [-0.1, -0.05) is 0 Å². The highest BCUT2D eigenvalue weighted by atomic mass is 19.4. The van der Waals surface area contributed by atoms with E-state index in [1.54, 1.807) is 15.8 Å². The molecule has 7 nitrogen and oxygen atoms in total. The maximum atomic E-state index is 12.8. The maximum Gasteiger partial charge on any atom is 0.435 e. The molecule has 1 fully saturated rings. The van der Waals surface area contributed by atoms with Gasteiger partial charge in [0.15, 0.2) is 5.69 Å². The fourth-order valence-corrected chi connectivity index (χ4v) is 3.09. The van der Waals surface area contributed by atoms with Crippen molar-refractivity contribution in [3.05, 3.63) is 35.7 Å². The van der Waals surface area contributed by atoms with Gasteiger partial charge in [0.2, 0.25) is 5.91 Å². The van der Waals surface area contributed by atoms with Gasteiger partial charge in [0.1, 0.15) is 6.54 Å². The van der Waals surface area contributed by atoms with Gasteiger partial charge in [0.25, 0.3) is 0 Å². The molecule has 2 aromatic rings. The Morgan fingerprint density at radius 3 is 2.64 bits per heavy atom. The van der Waals surface area contributed by atoms with Crippen LogP contribution in [0.25, 0.3) is 0 Å². The zero-order valence-electron chi connectivity index (χ0n) is 13.9. The van der Waals surface area contributed by atoms with Crippen molar-refractivity contribution in [3.63, 3.8) is 0 Å². The van der Waals surface area contributed by atoms with Gasteiger partial charge in [-0.05, 0) is 12.5 Å². The molecule has 2 N–H and O–H groups in total. The number of imidazole rings is 1. The minimum atomic E-state index is -4.53. The van der Waals surface area contributed by atoms with E-state index in [-0.39, 0.29) is 30.0 Å². The number of carbonyl (C=O) groups excluding carboxylic acids is 1.